The highest BCUT2D eigenvalue weighted by atomic mass is 16.6. The smallest absolute Gasteiger partial charge is 0.269 e. The van der Waals surface area contributed by atoms with Gasteiger partial charge in [0, 0.05) is 25.1 Å². The highest BCUT2D eigenvalue weighted by Crippen LogP contribution is 2.11. The molecule has 0 saturated heterocycles. The molecular formula is C13H16N2O2. The number of nitrogens with zero attached hydrogens (tertiary/aromatic N) is 1. The molecule has 0 bridgehead atoms. The van der Waals surface area contributed by atoms with Gasteiger partial charge in [-0.2, -0.15) is 0 Å². The Morgan fingerprint density at radius 2 is 2.00 bits per heavy atom. The van der Waals surface area contributed by atoms with Crippen molar-refractivity contribution in [3.8, 4) is 11.8 Å². The molecule has 17 heavy (non-hydrogen) atoms. The summed E-state index contributed by atoms with van der Waals surface area (Å²) in [6.45, 7) is 3.58. The number of hydrogen-bond acceptors (Lipinski definition) is 3. The molecule has 0 fully saturated rings. The van der Waals surface area contributed by atoms with Crippen LogP contribution in [0.4, 0.5) is 5.69 Å². The molecule has 0 heterocycles. The van der Waals surface area contributed by atoms with Crippen LogP contribution in [-0.2, 0) is 6.42 Å². The first kappa shape index (κ1) is 13.2. The molecule has 0 amide bonds. The first-order chi connectivity index (χ1) is 8.24. The summed E-state index contributed by atoms with van der Waals surface area (Å²) in [5.74, 6) is 5.82. The number of hydrogen-bond donors (Lipinski definition) is 1. The molecule has 0 aliphatic carbocycles. The molecule has 0 spiro atoms. The van der Waals surface area contributed by atoms with Crippen molar-refractivity contribution in [2.75, 3.05) is 13.1 Å². The van der Waals surface area contributed by atoms with Crippen molar-refractivity contribution in [3.05, 3.63) is 39.9 Å². The molecule has 0 aromatic heterocycles. The molecule has 90 valence electrons. The SMILES string of the molecule is CC#CCCNCCc1ccc([N+](=O)[O-])cc1. The minimum Gasteiger partial charge on any atom is -0.315 e. The van der Waals surface area contributed by atoms with E-state index >= 15 is 0 Å². The van der Waals surface area contributed by atoms with Crippen LogP contribution in [0.3, 0.4) is 0 Å². The maximum Gasteiger partial charge on any atom is 0.269 e. The van der Waals surface area contributed by atoms with E-state index in [1.54, 1.807) is 12.1 Å². The maximum atomic E-state index is 10.5. The van der Waals surface area contributed by atoms with Crippen molar-refractivity contribution in [3.63, 3.8) is 0 Å². The van der Waals surface area contributed by atoms with E-state index in [-0.39, 0.29) is 10.6 Å². The van der Waals surface area contributed by atoms with E-state index in [1.165, 1.54) is 12.1 Å². The number of nitro groups is 1. The lowest BCUT2D eigenvalue weighted by atomic mass is 10.1. The van der Waals surface area contributed by atoms with Crippen molar-refractivity contribution < 1.29 is 4.92 Å². The van der Waals surface area contributed by atoms with Gasteiger partial charge in [-0.3, -0.25) is 10.1 Å². The van der Waals surface area contributed by atoms with Crippen LogP contribution in [0.5, 0.6) is 0 Å². The third-order valence-corrected chi connectivity index (χ3v) is 2.34. The summed E-state index contributed by atoms with van der Waals surface area (Å²) in [5.41, 5.74) is 1.24. The standard InChI is InChI=1S/C13H16N2O2/c1-2-3-4-10-14-11-9-12-5-7-13(8-6-12)15(16)17/h5-8,14H,4,9-11H2,1H3. The van der Waals surface area contributed by atoms with Crippen molar-refractivity contribution in [1.29, 1.82) is 0 Å². The first-order valence-corrected chi connectivity index (χ1v) is 5.57. The van der Waals surface area contributed by atoms with Gasteiger partial charge in [0.2, 0.25) is 0 Å². The van der Waals surface area contributed by atoms with Crippen LogP contribution in [0.2, 0.25) is 0 Å². The van der Waals surface area contributed by atoms with Gasteiger partial charge in [0.1, 0.15) is 0 Å². The summed E-state index contributed by atoms with van der Waals surface area (Å²) in [6.07, 6.45) is 1.73. The summed E-state index contributed by atoms with van der Waals surface area (Å²) in [7, 11) is 0. The molecular weight excluding hydrogens is 216 g/mol. The average Bonchev–Trinajstić information content (AvgIpc) is 2.34. The number of nitrogens with one attached hydrogen (secondary N) is 1. The van der Waals surface area contributed by atoms with Crippen LogP contribution < -0.4 is 5.32 Å². The van der Waals surface area contributed by atoms with Crippen LogP contribution in [0.25, 0.3) is 0 Å². The lowest BCUT2D eigenvalue weighted by Crippen LogP contribution is -2.18. The predicted molar refractivity (Wildman–Crippen MR) is 67.7 cm³/mol. The largest absolute Gasteiger partial charge is 0.315 e. The summed E-state index contributed by atoms with van der Waals surface area (Å²) in [4.78, 5) is 10.1. The van der Waals surface area contributed by atoms with Gasteiger partial charge in [-0.05, 0) is 25.5 Å². The zero-order valence-corrected chi connectivity index (χ0v) is 9.90. The Morgan fingerprint density at radius 3 is 2.59 bits per heavy atom. The summed E-state index contributed by atoms with van der Waals surface area (Å²) < 4.78 is 0. The fraction of sp³-hybridized carbons (Fsp3) is 0.385. The van der Waals surface area contributed by atoms with Gasteiger partial charge >= 0.3 is 0 Å². The molecule has 0 saturated carbocycles. The Bertz CT molecular complexity index is 415. The number of non-ortho nitro benzene ring substituents is 1. The molecule has 0 aliphatic rings. The fourth-order valence-corrected chi connectivity index (χ4v) is 1.42. The van der Waals surface area contributed by atoms with Crippen LogP contribution in [0.15, 0.2) is 24.3 Å². The third-order valence-electron chi connectivity index (χ3n) is 2.34. The summed E-state index contributed by atoms with van der Waals surface area (Å²) in [6, 6.07) is 6.67. The van der Waals surface area contributed by atoms with Crippen LogP contribution in [0, 0.1) is 22.0 Å². The Labute approximate surface area is 101 Å². The Morgan fingerprint density at radius 1 is 1.29 bits per heavy atom. The van der Waals surface area contributed by atoms with Gasteiger partial charge in [-0.15, -0.1) is 11.8 Å². The van der Waals surface area contributed by atoms with E-state index in [2.05, 4.69) is 17.2 Å². The number of benzene rings is 1. The van der Waals surface area contributed by atoms with Gasteiger partial charge in [0.05, 0.1) is 4.92 Å². The second-order valence-electron chi connectivity index (χ2n) is 3.60. The van der Waals surface area contributed by atoms with Crippen LogP contribution in [0.1, 0.15) is 18.9 Å². The molecule has 1 rings (SSSR count). The van der Waals surface area contributed by atoms with E-state index in [0.29, 0.717) is 0 Å². The average molecular weight is 232 g/mol. The zero-order chi connectivity index (χ0) is 12.5. The molecule has 0 atom stereocenters. The Kier molecular flexibility index (Phi) is 5.76. The molecule has 1 N–H and O–H groups in total. The Balaban J connectivity index is 2.27. The monoisotopic (exact) mass is 232 g/mol. The zero-order valence-electron chi connectivity index (χ0n) is 9.90. The van der Waals surface area contributed by atoms with E-state index < -0.39 is 0 Å². The highest BCUT2D eigenvalue weighted by Gasteiger charge is 2.03. The Hall–Kier alpha value is -1.86. The molecule has 0 aliphatic heterocycles. The predicted octanol–water partition coefficient (Wildman–Crippen LogP) is 2.14. The topological polar surface area (TPSA) is 55.2 Å². The normalized spacial score (nSPS) is 9.47. The highest BCUT2D eigenvalue weighted by molar-refractivity contribution is 5.32. The van der Waals surface area contributed by atoms with Crippen molar-refractivity contribution >= 4 is 5.69 Å². The lowest BCUT2D eigenvalue weighted by molar-refractivity contribution is -0.384. The lowest BCUT2D eigenvalue weighted by Gasteiger charge is -2.02. The molecule has 0 unspecified atom stereocenters. The molecule has 4 nitrogen and oxygen atoms in total. The minimum atomic E-state index is -0.383. The molecule has 0 radical (unpaired) electrons. The third kappa shape index (κ3) is 5.14. The minimum absolute atomic E-state index is 0.139. The molecule has 1 aromatic rings. The van der Waals surface area contributed by atoms with Gasteiger partial charge in [0.25, 0.3) is 5.69 Å². The van der Waals surface area contributed by atoms with Crippen molar-refractivity contribution in [2.45, 2.75) is 19.8 Å². The summed E-state index contributed by atoms with van der Waals surface area (Å²) in [5, 5.41) is 13.7. The van der Waals surface area contributed by atoms with Gasteiger partial charge in [0.15, 0.2) is 0 Å². The van der Waals surface area contributed by atoms with Crippen molar-refractivity contribution in [2.24, 2.45) is 0 Å². The van der Waals surface area contributed by atoms with Crippen LogP contribution >= 0.6 is 0 Å². The quantitative estimate of drug-likeness (QED) is 0.354. The van der Waals surface area contributed by atoms with Crippen LogP contribution in [-0.4, -0.2) is 18.0 Å². The van der Waals surface area contributed by atoms with E-state index in [4.69, 9.17) is 0 Å². The number of rotatable bonds is 6. The molecule has 4 heteroatoms. The maximum absolute atomic E-state index is 10.5. The van der Waals surface area contributed by atoms with E-state index in [9.17, 15) is 10.1 Å². The summed E-state index contributed by atoms with van der Waals surface area (Å²) >= 11 is 0. The molecule has 1 aromatic carbocycles. The van der Waals surface area contributed by atoms with Gasteiger partial charge in [-0.1, -0.05) is 12.1 Å². The van der Waals surface area contributed by atoms with Gasteiger partial charge < -0.3 is 5.32 Å². The first-order valence-electron chi connectivity index (χ1n) is 5.57. The second kappa shape index (κ2) is 7.42. The second-order valence-corrected chi connectivity index (χ2v) is 3.60. The fourth-order valence-electron chi connectivity index (χ4n) is 1.42. The van der Waals surface area contributed by atoms with Gasteiger partial charge in [-0.25, -0.2) is 0 Å². The number of nitro benzene ring substituents is 1. The van der Waals surface area contributed by atoms with E-state index in [1.807, 2.05) is 6.92 Å². The van der Waals surface area contributed by atoms with E-state index in [0.717, 1.165) is 31.5 Å². The van der Waals surface area contributed by atoms with Crippen molar-refractivity contribution in [1.82, 2.24) is 5.32 Å².